The highest BCUT2D eigenvalue weighted by molar-refractivity contribution is 6.99. The van der Waals surface area contributed by atoms with E-state index >= 15 is 0 Å². The Morgan fingerprint density at radius 3 is 1.23 bits per heavy atom. The topological polar surface area (TPSA) is 61.8 Å². The molecule has 0 spiro atoms. The van der Waals surface area contributed by atoms with Crippen LogP contribution < -0.4 is 10.4 Å². The Kier molecular flexibility index (Phi) is 30.7. The van der Waals surface area contributed by atoms with Crippen LogP contribution in [0.4, 0.5) is 0 Å². The van der Waals surface area contributed by atoms with E-state index in [2.05, 4.69) is 120 Å². The van der Waals surface area contributed by atoms with E-state index in [9.17, 15) is 9.59 Å². The molecule has 0 bridgehead atoms. The highest BCUT2D eigenvalue weighted by Crippen LogP contribution is 2.37. The molecular weight excluding hydrogens is 757 g/mol. The molecule has 6 heteroatoms. The monoisotopic (exact) mass is 845 g/mol. The number of esters is 2. The summed E-state index contributed by atoms with van der Waals surface area (Å²) in [4.78, 5) is 25.6. The van der Waals surface area contributed by atoms with Gasteiger partial charge in [0.05, 0.1) is 13.2 Å². The summed E-state index contributed by atoms with van der Waals surface area (Å²) in [6, 6.07) is 21.4. The first kappa shape index (κ1) is 53.2. The molecule has 0 aliphatic rings. The number of benzene rings is 2. The maximum Gasteiger partial charge on any atom is 0.305 e. The maximum atomic E-state index is 12.8. The average Bonchev–Trinajstić information content (AvgIpc) is 3.24. The van der Waals surface area contributed by atoms with Gasteiger partial charge in [-0.05, 0) is 98.4 Å². The van der Waals surface area contributed by atoms with Gasteiger partial charge in [0.1, 0.15) is 0 Å². The molecule has 0 aliphatic heterocycles. The lowest BCUT2D eigenvalue weighted by Crippen LogP contribution is -2.66. The van der Waals surface area contributed by atoms with E-state index in [1.165, 1.54) is 100 Å². The summed E-state index contributed by atoms with van der Waals surface area (Å²) in [6.45, 7) is 12.6. The second kappa shape index (κ2) is 34.6. The molecule has 0 saturated carbocycles. The van der Waals surface area contributed by atoms with Crippen LogP contribution >= 0.6 is 0 Å². The van der Waals surface area contributed by atoms with Crippen molar-refractivity contribution in [2.24, 2.45) is 5.92 Å². The normalized spacial score (nSPS) is 12.2. The largest absolute Gasteiger partial charge is 0.466 e. The van der Waals surface area contributed by atoms with Gasteiger partial charge in [-0.15, -0.1) is 0 Å². The van der Waals surface area contributed by atoms with Crippen molar-refractivity contribution in [3.8, 4) is 0 Å². The molecule has 0 aliphatic carbocycles. The molecule has 0 atom stereocenters. The fourth-order valence-corrected chi connectivity index (χ4v) is 12.8. The van der Waals surface area contributed by atoms with Crippen LogP contribution in [-0.4, -0.2) is 40.1 Å². The van der Waals surface area contributed by atoms with E-state index in [0.29, 0.717) is 45.5 Å². The number of carbonyl (C=O) groups excluding carboxylic acids is 2. The minimum Gasteiger partial charge on any atom is -0.466 e. The van der Waals surface area contributed by atoms with Gasteiger partial charge in [0.25, 0.3) is 8.32 Å². The average molecular weight is 845 g/mol. The molecule has 60 heavy (non-hydrogen) atoms. The Morgan fingerprint density at radius 2 is 0.867 bits per heavy atom. The van der Waals surface area contributed by atoms with Gasteiger partial charge in [-0.3, -0.25) is 9.59 Å². The first-order valence-electron chi connectivity index (χ1n) is 24.6. The molecule has 0 amide bonds. The van der Waals surface area contributed by atoms with Crippen LogP contribution in [0.2, 0.25) is 5.04 Å². The minimum absolute atomic E-state index is 0.0722. The summed E-state index contributed by atoms with van der Waals surface area (Å²) >= 11 is 0. The molecule has 338 valence electrons. The Labute approximate surface area is 370 Å². The molecular formula is C54H88O5Si. The number of carbonyl (C=O) groups is 2. The van der Waals surface area contributed by atoms with Gasteiger partial charge in [0.15, 0.2) is 0 Å². The molecule has 2 rings (SSSR count). The van der Waals surface area contributed by atoms with E-state index in [4.69, 9.17) is 13.9 Å². The smallest absolute Gasteiger partial charge is 0.305 e. The van der Waals surface area contributed by atoms with Crippen molar-refractivity contribution in [3.05, 3.63) is 85.0 Å². The summed E-state index contributed by atoms with van der Waals surface area (Å²) in [6.07, 6.45) is 38.1. The summed E-state index contributed by atoms with van der Waals surface area (Å²) < 4.78 is 18.9. The van der Waals surface area contributed by atoms with E-state index < -0.39 is 8.32 Å². The van der Waals surface area contributed by atoms with Crippen LogP contribution in [0, 0.1) is 5.92 Å². The second-order valence-corrected chi connectivity index (χ2v) is 22.4. The summed E-state index contributed by atoms with van der Waals surface area (Å²) in [5, 5.41) is 2.33. The zero-order valence-electron chi connectivity index (χ0n) is 39.2. The van der Waals surface area contributed by atoms with Crippen LogP contribution in [-0.2, 0) is 23.5 Å². The van der Waals surface area contributed by atoms with E-state index in [0.717, 1.165) is 51.4 Å². The lowest BCUT2D eigenvalue weighted by Gasteiger charge is -2.43. The van der Waals surface area contributed by atoms with Crippen molar-refractivity contribution >= 4 is 30.6 Å². The molecule has 0 aromatic heterocycles. The highest BCUT2D eigenvalue weighted by Gasteiger charge is 2.50. The number of allylic oxidation sites excluding steroid dienone is 4. The number of hydrogen-bond acceptors (Lipinski definition) is 5. The van der Waals surface area contributed by atoms with Crippen molar-refractivity contribution in [1.82, 2.24) is 0 Å². The third-order valence-electron chi connectivity index (χ3n) is 11.8. The molecule has 0 heterocycles. The number of unbranched alkanes of at least 4 members (excludes halogenated alkanes) is 18. The summed E-state index contributed by atoms with van der Waals surface area (Å²) in [5.41, 5.74) is 0. The Hall–Kier alpha value is -2.96. The van der Waals surface area contributed by atoms with Gasteiger partial charge in [0, 0.05) is 19.4 Å². The molecule has 0 saturated heterocycles. The van der Waals surface area contributed by atoms with Crippen LogP contribution in [0.25, 0.3) is 0 Å². The van der Waals surface area contributed by atoms with E-state index in [-0.39, 0.29) is 22.9 Å². The number of hydrogen-bond donors (Lipinski definition) is 0. The molecule has 0 radical (unpaired) electrons. The Balaban J connectivity index is 1.86. The first-order chi connectivity index (χ1) is 29.2. The van der Waals surface area contributed by atoms with Crippen molar-refractivity contribution in [3.63, 3.8) is 0 Å². The maximum absolute atomic E-state index is 12.8. The van der Waals surface area contributed by atoms with E-state index in [1.807, 2.05) is 0 Å². The van der Waals surface area contributed by atoms with Gasteiger partial charge >= 0.3 is 11.9 Å². The fourth-order valence-electron chi connectivity index (χ4n) is 8.11. The van der Waals surface area contributed by atoms with Crippen molar-refractivity contribution < 1.29 is 23.5 Å². The van der Waals surface area contributed by atoms with Gasteiger partial charge in [-0.2, -0.15) is 0 Å². The predicted molar refractivity (Wildman–Crippen MR) is 259 cm³/mol. The molecule has 5 nitrogen and oxygen atoms in total. The molecule has 2 aromatic carbocycles. The van der Waals surface area contributed by atoms with Crippen LogP contribution in [0.1, 0.15) is 202 Å². The van der Waals surface area contributed by atoms with Crippen LogP contribution in [0.15, 0.2) is 85.0 Å². The fraction of sp³-hybridized carbons (Fsp3) is 0.667. The lowest BCUT2D eigenvalue weighted by atomic mass is 10.0. The Morgan fingerprint density at radius 1 is 0.517 bits per heavy atom. The molecule has 0 fully saturated rings. The molecule has 0 unspecified atom stereocenters. The minimum atomic E-state index is -2.75. The third kappa shape index (κ3) is 23.9. The van der Waals surface area contributed by atoms with Crippen molar-refractivity contribution in [2.45, 2.75) is 207 Å². The summed E-state index contributed by atoms with van der Waals surface area (Å²) in [7, 11) is -2.75. The van der Waals surface area contributed by atoms with Gasteiger partial charge in [-0.1, -0.05) is 197 Å². The number of ether oxygens (including phenoxy) is 2. The quantitative estimate of drug-likeness (QED) is 0.0293. The van der Waals surface area contributed by atoms with Crippen LogP contribution in [0.3, 0.4) is 0 Å². The van der Waals surface area contributed by atoms with Gasteiger partial charge in [0.2, 0.25) is 0 Å². The molecule has 2 aromatic rings. The first-order valence-corrected chi connectivity index (χ1v) is 26.5. The lowest BCUT2D eigenvalue weighted by molar-refractivity contribution is -0.144. The van der Waals surface area contributed by atoms with Gasteiger partial charge in [-0.25, -0.2) is 0 Å². The van der Waals surface area contributed by atoms with Crippen LogP contribution in [0.5, 0.6) is 0 Å². The zero-order valence-corrected chi connectivity index (χ0v) is 40.2. The second-order valence-electron chi connectivity index (χ2n) is 18.1. The molecule has 0 N–H and O–H groups in total. The van der Waals surface area contributed by atoms with Crippen molar-refractivity contribution in [2.75, 3.05) is 19.8 Å². The Bertz CT molecular complexity index is 1290. The third-order valence-corrected chi connectivity index (χ3v) is 16.8. The summed E-state index contributed by atoms with van der Waals surface area (Å²) in [5.74, 6) is -0.162. The number of rotatable bonds is 37. The highest BCUT2D eigenvalue weighted by atomic mass is 28.4. The van der Waals surface area contributed by atoms with Gasteiger partial charge < -0.3 is 13.9 Å². The SMILES string of the molecule is CCCCCC/C=C/CCCCCCCC(=O)OCCC(CCOC(=O)CCCCCCC/C=C/CCCCCC)CO[Si](c1ccccc1)(c1ccccc1)C(C)(C)C. The van der Waals surface area contributed by atoms with E-state index in [1.54, 1.807) is 0 Å². The predicted octanol–water partition coefficient (Wildman–Crippen LogP) is 14.6. The standard InChI is InChI=1S/C54H88O5Si/c1-6-8-10-12-14-16-18-20-22-24-26-28-36-42-52(55)57-46-44-49(45-47-58-53(56)43-37-29-27-25-23-21-19-17-15-13-11-9-7-2)48-59-60(54(3,4)5,50-38-32-30-33-39-50)51-40-34-31-35-41-51/h16-19,30-35,38-41,49H,6-15,20-29,36-37,42-48H2,1-5H3/b18-16+,19-17+. The van der Waals surface area contributed by atoms with Crippen molar-refractivity contribution in [1.29, 1.82) is 0 Å². The zero-order chi connectivity index (χ0) is 43.4.